The molecular formula is C17H24N2O4. The van der Waals surface area contributed by atoms with Gasteiger partial charge in [0.15, 0.2) is 11.5 Å². The Bertz CT molecular complexity index is 592. The minimum Gasteiger partial charge on any atom is -0.493 e. The summed E-state index contributed by atoms with van der Waals surface area (Å²) in [4.78, 5) is 26.9. The van der Waals surface area contributed by atoms with Gasteiger partial charge >= 0.3 is 0 Å². The van der Waals surface area contributed by atoms with Crippen LogP contribution in [0.2, 0.25) is 0 Å². The third-order valence-corrected chi connectivity index (χ3v) is 4.29. The molecule has 23 heavy (non-hydrogen) atoms. The largest absolute Gasteiger partial charge is 0.493 e. The van der Waals surface area contributed by atoms with E-state index in [-0.39, 0.29) is 11.8 Å². The highest BCUT2D eigenvalue weighted by molar-refractivity contribution is 6.13. The molecule has 1 aliphatic carbocycles. The van der Waals surface area contributed by atoms with E-state index in [1.807, 2.05) is 13.8 Å². The van der Waals surface area contributed by atoms with Crippen LogP contribution in [-0.4, -0.2) is 44.0 Å². The Morgan fingerprint density at radius 1 is 1.13 bits per heavy atom. The number of nitrogens with one attached hydrogen (secondary N) is 1. The molecule has 6 heteroatoms. The standard InChI is InChI=1S/C17H24N2O4/c1-5-19(6-2)16(21)17(9-10-17)15(20)18-12-7-8-13(22-3)14(11-12)23-4/h7-8,11H,5-6,9-10H2,1-4H3,(H,18,20). The summed E-state index contributed by atoms with van der Waals surface area (Å²) < 4.78 is 10.4. The highest BCUT2D eigenvalue weighted by Gasteiger charge is 2.57. The third-order valence-electron chi connectivity index (χ3n) is 4.29. The summed E-state index contributed by atoms with van der Waals surface area (Å²) in [6.45, 7) is 5.06. The maximum absolute atomic E-state index is 12.6. The number of ether oxygens (including phenoxy) is 2. The van der Waals surface area contributed by atoms with E-state index in [0.29, 0.717) is 43.1 Å². The molecule has 1 fully saturated rings. The first-order valence-corrected chi connectivity index (χ1v) is 7.85. The minimum absolute atomic E-state index is 0.0829. The quantitative estimate of drug-likeness (QED) is 0.783. The van der Waals surface area contributed by atoms with Crippen molar-refractivity contribution in [3.05, 3.63) is 18.2 Å². The molecule has 0 aromatic heterocycles. The summed E-state index contributed by atoms with van der Waals surface area (Å²) in [7, 11) is 3.09. The highest BCUT2D eigenvalue weighted by atomic mass is 16.5. The van der Waals surface area contributed by atoms with Crippen molar-refractivity contribution in [3.8, 4) is 11.5 Å². The van der Waals surface area contributed by atoms with Crippen molar-refractivity contribution < 1.29 is 19.1 Å². The fourth-order valence-corrected chi connectivity index (χ4v) is 2.64. The van der Waals surface area contributed by atoms with Crippen LogP contribution in [0.4, 0.5) is 5.69 Å². The molecule has 2 rings (SSSR count). The Balaban J connectivity index is 2.14. The van der Waals surface area contributed by atoms with Gasteiger partial charge in [0.25, 0.3) is 0 Å². The molecule has 1 saturated carbocycles. The van der Waals surface area contributed by atoms with E-state index in [1.165, 1.54) is 7.11 Å². The molecule has 0 saturated heterocycles. The molecule has 0 bridgehead atoms. The highest BCUT2D eigenvalue weighted by Crippen LogP contribution is 2.48. The summed E-state index contributed by atoms with van der Waals surface area (Å²) in [5, 5.41) is 2.83. The lowest BCUT2D eigenvalue weighted by molar-refractivity contribution is -0.141. The summed E-state index contributed by atoms with van der Waals surface area (Å²) in [6, 6.07) is 5.14. The van der Waals surface area contributed by atoms with Crippen molar-refractivity contribution in [1.82, 2.24) is 4.90 Å². The summed E-state index contributed by atoms with van der Waals surface area (Å²) in [5.41, 5.74) is -0.314. The third kappa shape index (κ3) is 3.25. The molecule has 1 N–H and O–H groups in total. The molecule has 0 unspecified atom stereocenters. The van der Waals surface area contributed by atoms with Gasteiger partial charge in [-0.15, -0.1) is 0 Å². The van der Waals surface area contributed by atoms with Crippen molar-refractivity contribution >= 4 is 17.5 Å². The molecule has 126 valence electrons. The molecule has 6 nitrogen and oxygen atoms in total. The van der Waals surface area contributed by atoms with E-state index in [0.717, 1.165) is 0 Å². The average molecular weight is 320 g/mol. The predicted molar refractivity (Wildman–Crippen MR) is 87.8 cm³/mol. The number of benzene rings is 1. The minimum atomic E-state index is -0.904. The van der Waals surface area contributed by atoms with Gasteiger partial charge in [0.1, 0.15) is 5.41 Å². The first-order chi connectivity index (χ1) is 11.0. The summed E-state index contributed by atoms with van der Waals surface area (Å²) >= 11 is 0. The van der Waals surface area contributed by atoms with Crippen LogP contribution < -0.4 is 14.8 Å². The topological polar surface area (TPSA) is 67.9 Å². The van der Waals surface area contributed by atoms with Crippen LogP contribution in [0.3, 0.4) is 0 Å². The van der Waals surface area contributed by atoms with Crippen molar-refractivity contribution in [2.45, 2.75) is 26.7 Å². The zero-order valence-corrected chi connectivity index (χ0v) is 14.1. The van der Waals surface area contributed by atoms with Crippen molar-refractivity contribution in [3.63, 3.8) is 0 Å². The summed E-state index contributed by atoms with van der Waals surface area (Å²) in [6.07, 6.45) is 1.20. The predicted octanol–water partition coefficient (Wildman–Crippen LogP) is 2.29. The van der Waals surface area contributed by atoms with Crippen LogP contribution >= 0.6 is 0 Å². The van der Waals surface area contributed by atoms with Crippen LogP contribution in [0.5, 0.6) is 11.5 Å². The van der Waals surface area contributed by atoms with Gasteiger partial charge in [-0.2, -0.15) is 0 Å². The van der Waals surface area contributed by atoms with E-state index < -0.39 is 5.41 Å². The van der Waals surface area contributed by atoms with E-state index >= 15 is 0 Å². The lowest BCUT2D eigenvalue weighted by Gasteiger charge is -2.24. The SMILES string of the molecule is CCN(CC)C(=O)C1(C(=O)Nc2ccc(OC)c(OC)c2)CC1. The van der Waals surface area contributed by atoms with Gasteiger partial charge in [0.05, 0.1) is 14.2 Å². The van der Waals surface area contributed by atoms with Crippen LogP contribution in [0.15, 0.2) is 18.2 Å². The van der Waals surface area contributed by atoms with Gasteiger partial charge < -0.3 is 19.7 Å². The van der Waals surface area contributed by atoms with Crippen LogP contribution in [0.25, 0.3) is 0 Å². The summed E-state index contributed by atoms with van der Waals surface area (Å²) in [5.74, 6) is 0.790. The van der Waals surface area contributed by atoms with Gasteiger partial charge in [0.2, 0.25) is 11.8 Å². The first kappa shape index (κ1) is 17.1. The zero-order valence-electron chi connectivity index (χ0n) is 14.1. The number of amides is 2. The lowest BCUT2D eigenvalue weighted by Crippen LogP contribution is -2.42. The molecule has 1 aliphatic rings. The van der Waals surface area contributed by atoms with E-state index in [2.05, 4.69) is 5.32 Å². The second-order valence-electron chi connectivity index (χ2n) is 5.58. The van der Waals surface area contributed by atoms with E-state index in [4.69, 9.17) is 9.47 Å². The van der Waals surface area contributed by atoms with Gasteiger partial charge in [-0.25, -0.2) is 0 Å². The number of nitrogens with zero attached hydrogens (tertiary/aromatic N) is 1. The molecule has 0 radical (unpaired) electrons. The maximum Gasteiger partial charge on any atom is 0.240 e. The van der Waals surface area contributed by atoms with Crippen LogP contribution in [-0.2, 0) is 9.59 Å². The number of carbonyl (C=O) groups excluding carboxylic acids is 2. The van der Waals surface area contributed by atoms with Crippen LogP contribution in [0, 0.1) is 5.41 Å². The zero-order chi connectivity index (χ0) is 17.0. The Morgan fingerprint density at radius 3 is 2.22 bits per heavy atom. The molecule has 2 amide bonds. The number of anilines is 1. The second-order valence-corrected chi connectivity index (χ2v) is 5.58. The molecule has 1 aromatic carbocycles. The van der Waals surface area contributed by atoms with Gasteiger partial charge in [-0.05, 0) is 38.8 Å². The van der Waals surface area contributed by atoms with Crippen molar-refractivity contribution in [2.75, 3.05) is 32.6 Å². The average Bonchev–Trinajstić information content (AvgIpc) is 3.37. The fraction of sp³-hybridized carbons (Fsp3) is 0.529. The maximum atomic E-state index is 12.6. The molecule has 0 aliphatic heterocycles. The van der Waals surface area contributed by atoms with Crippen molar-refractivity contribution in [1.29, 1.82) is 0 Å². The van der Waals surface area contributed by atoms with E-state index in [9.17, 15) is 9.59 Å². The number of carbonyl (C=O) groups is 2. The molecular weight excluding hydrogens is 296 g/mol. The Kier molecular flexibility index (Phi) is 5.13. The fourth-order valence-electron chi connectivity index (χ4n) is 2.64. The second kappa shape index (κ2) is 6.89. The molecule has 0 heterocycles. The number of hydrogen-bond acceptors (Lipinski definition) is 4. The Hall–Kier alpha value is -2.24. The molecule has 1 aromatic rings. The Labute approximate surface area is 136 Å². The van der Waals surface area contributed by atoms with Gasteiger partial charge in [0, 0.05) is 24.8 Å². The van der Waals surface area contributed by atoms with Gasteiger partial charge in [-0.1, -0.05) is 0 Å². The van der Waals surface area contributed by atoms with Crippen LogP contribution in [0.1, 0.15) is 26.7 Å². The molecule has 0 atom stereocenters. The first-order valence-electron chi connectivity index (χ1n) is 7.85. The number of hydrogen-bond donors (Lipinski definition) is 1. The van der Waals surface area contributed by atoms with E-state index in [1.54, 1.807) is 30.2 Å². The Morgan fingerprint density at radius 2 is 1.74 bits per heavy atom. The monoisotopic (exact) mass is 320 g/mol. The van der Waals surface area contributed by atoms with Crippen molar-refractivity contribution in [2.24, 2.45) is 5.41 Å². The van der Waals surface area contributed by atoms with Gasteiger partial charge in [-0.3, -0.25) is 9.59 Å². The lowest BCUT2D eigenvalue weighted by atomic mass is 10.0. The normalized spacial score (nSPS) is 14.8. The number of rotatable bonds is 7. The smallest absolute Gasteiger partial charge is 0.240 e. The molecule has 0 spiro atoms. The number of methoxy groups -OCH3 is 2.